The fraction of sp³-hybridized carbons (Fsp3) is 0.857. The molecule has 0 aromatic carbocycles. The number of urea groups is 1. The van der Waals surface area contributed by atoms with Gasteiger partial charge in [-0.05, 0) is 6.42 Å². The molecule has 0 aliphatic carbocycles. The van der Waals surface area contributed by atoms with Crippen LogP contribution in [0.15, 0.2) is 0 Å². The maximum atomic E-state index is 11.0. The highest BCUT2D eigenvalue weighted by atomic mass is 16.3. The molecule has 70 valence electrons. The van der Waals surface area contributed by atoms with Crippen molar-refractivity contribution < 1.29 is 9.90 Å². The molecule has 0 aromatic rings. The second-order valence-corrected chi connectivity index (χ2v) is 2.95. The van der Waals surface area contributed by atoms with Crippen LogP contribution in [0, 0.1) is 0 Å². The van der Waals surface area contributed by atoms with E-state index in [1.165, 1.54) is 0 Å². The van der Waals surface area contributed by atoms with E-state index in [2.05, 4.69) is 5.32 Å². The quantitative estimate of drug-likeness (QED) is 0.495. The van der Waals surface area contributed by atoms with Crippen molar-refractivity contribution in [2.75, 3.05) is 26.2 Å². The Labute approximate surface area is 71.5 Å². The number of nitrogens with one attached hydrogen (secondary N) is 1. The molecule has 1 saturated heterocycles. The van der Waals surface area contributed by atoms with E-state index in [-0.39, 0.29) is 18.7 Å². The van der Waals surface area contributed by atoms with Crippen LogP contribution < -0.4 is 11.1 Å². The topological polar surface area (TPSA) is 78.6 Å². The van der Waals surface area contributed by atoms with Gasteiger partial charge in [0.25, 0.3) is 0 Å². The lowest BCUT2D eigenvalue weighted by Gasteiger charge is -2.15. The van der Waals surface area contributed by atoms with Crippen LogP contribution in [0.2, 0.25) is 0 Å². The monoisotopic (exact) mass is 173 g/mol. The molecule has 5 nitrogen and oxygen atoms in total. The number of nitrogens with two attached hydrogens (primary N) is 1. The Balaban J connectivity index is 2.18. The molecule has 1 rings (SSSR count). The van der Waals surface area contributed by atoms with Crippen LogP contribution in [-0.2, 0) is 0 Å². The van der Waals surface area contributed by atoms with Crippen molar-refractivity contribution >= 4 is 6.03 Å². The van der Waals surface area contributed by atoms with E-state index in [4.69, 9.17) is 10.8 Å². The highest BCUT2D eigenvalue weighted by Crippen LogP contribution is 1.99. The minimum absolute atomic E-state index is 0.0184. The Morgan fingerprint density at radius 1 is 1.75 bits per heavy atom. The van der Waals surface area contributed by atoms with Gasteiger partial charge in [0, 0.05) is 25.7 Å². The second kappa shape index (κ2) is 4.27. The van der Waals surface area contributed by atoms with E-state index < -0.39 is 0 Å². The van der Waals surface area contributed by atoms with E-state index >= 15 is 0 Å². The minimum Gasteiger partial charge on any atom is -0.395 e. The van der Waals surface area contributed by atoms with Gasteiger partial charge in [-0.25, -0.2) is 4.79 Å². The van der Waals surface area contributed by atoms with E-state index in [9.17, 15) is 4.79 Å². The molecule has 2 amide bonds. The van der Waals surface area contributed by atoms with Crippen molar-refractivity contribution in [2.24, 2.45) is 5.73 Å². The van der Waals surface area contributed by atoms with Crippen molar-refractivity contribution in [1.82, 2.24) is 10.2 Å². The van der Waals surface area contributed by atoms with Crippen molar-refractivity contribution in [3.63, 3.8) is 0 Å². The van der Waals surface area contributed by atoms with Gasteiger partial charge in [-0.1, -0.05) is 0 Å². The Kier molecular flexibility index (Phi) is 3.31. The number of rotatable bonds is 4. The SMILES string of the molecule is NC(CO)CCN1CCNC1=O. The summed E-state index contributed by atoms with van der Waals surface area (Å²) in [5.41, 5.74) is 5.49. The van der Waals surface area contributed by atoms with Crippen LogP contribution in [-0.4, -0.2) is 48.3 Å². The number of aliphatic hydroxyl groups excluding tert-OH is 1. The van der Waals surface area contributed by atoms with Crippen molar-refractivity contribution in [1.29, 1.82) is 0 Å². The van der Waals surface area contributed by atoms with Gasteiger partial charge in [-0.2, -0.15) is 0 Å². The number of carbonyl (C=O) groups excluding carboxylic acids is 1. The molecule has 0 bridgehead atoms. The Morgan fingerprint density at radius 3 is 3.00 bits per heavy atom. The molecule has 0 spiro atoms. The Bertz CT molecular complexity index is 163. The standard InChI is InChI=1S/C7H15N3O2/c8-6(5-11)1-3-10-4-2-9-7(10)12/h6,11H,1-5,8H2,(H,9,12). The third kappa shape index (κ3) is 2.35. The number of hydrogen-bond acceptors (Lipinski definition) is 3. The average molecular weight is 173 g/mol. The van der Waals surface area contributed by atoms with Gasteiger partial charge in [-0.15, -0.1) is 0 Å². The van der Waals surface area contributed by atoms with Gasteiger partial charge in [0.15, 0.2) is 0 Å². The van der Waals surface area contributed by atoms with E-state index in [1.807, 2.05) is 0 Å². The summed E-state index contributed by atoms with van der Waals surface area (Å²) in [6.45, 7) is 2.08. The molecule has 12 heavy (non-hydrogen) atoms. The van der Waals surface area contributed by atoms with Crippen molar-refractivity contribution in [3.8, 4) is 0 Å². The zero-order valence-electron chi connectivity index (χ0n) is 6.99. The van der Waals surface area contributed by atoms with Crippen LogP contribution >= 0.6 is 0 Å². The molecular formula is C7H15N3O2. The molecule has 0 aromatic heterocycles. The summed E-state index contributed by atoms with van der Waals surface area (Å²) in [6.07, 6.45) is 0.657. The summed E-state index contributed by atoms with van der Waals surface area (Å²) in [7, 11) is 0. The molecule has 1 aliphatic heterocycles. The first-order chi connectivity index (χ1) is 5.74. The fourth-order valence-corrected chi connectivity index (χ4v) is 1.14. The Morgan fingerprint density at radius 2 is 2.50 bits per heavy atom. The maximum absolute atomic E-state index is 11.0. The number of nitrogens with zero attached hydrogens (tertiary/aromatic N) is 1. The predicted molar refractivity (Wildman–Crippen MR) is 44.6 cm³/mol. The normalized spacial score (nSPS) is 19.5. The van der Waals surface area contributed by atoms with E-state index in [0.717, 1.165) is 6.54 Å². The van der Waals surface area contributed by atoms with Crippen LogP contribution in [0.4, 0.5) is 4.79 Å². The molecule has 5 heteroatoms. The third-order valence-corrected chi connectivity index (χ3v) is 1.95. The zero-order valence-corrected chi connectivity index (χ0v) is 6.99. The van der Waals surface area contributed by atoms with Gasteiger partial charge in [0.1, 0.15) is 0 Å². The predicted octanol–water partition coefficient (Wildman–Crippen LogP) is -1.28. The maximum Gasteiger partial charge on any atom is 0.317 e. The van der Waals surface area contributed by atoms with E-state index in [0.29, 0.717) is 19.5 Å². The number of hydrogen-bond donors (Lipinski definition) is 3. The lowest BCUT2D eigenvalue weighted by molar-refractivity contribution is 0.209. The van der Waals surface area contributed by atoms with Crippen LogP contribution in [0.1, 0.15) is 6.42 Å². The Hall–Kier alpha value is -0.810. The molecular weight excluding hydrogens is 158 g/mol. The van der Waals surface area contributed by atoms with Crippen LogP contribution in [0.25, 0.3) is 0 Å². The average Bonchev–Trinajstić information content (AvgIpc) is 2.47. The summed E-state index contributed by atoms with van der Waals surface area (Å²) in [5, 5.41) is 11.3. The van der Waals surface area contributed by atoms with Crippen molar-refractivity contribution in [3.05, 3.63) is 0 Å². The first-order valence-corrected chi connectivity index (χ1v) is 4.13. The highest BCUT2D eigenvalue weighted by molar-refractivity contribution is 5.76. The molecule has 1 fully saturated rings. The summed E-state index contributed by atoms with van der Waals surface area (Å²) in [5.74, 6) is 0. The first kappa shape index (κ1) is 9.28. The molecule has 1 atom stereocenters. The number of aliphatic hydroxyl groups is 1. The fourth-order valence-electron chi connectivity index (χ4n) is 1.14. The van der Waals surface area contributed by atoms with Gasteiger partial charge >= 0.3 is 6.03 Å². The lowest BCUT2D eigenvalue weighted by atomic mass is 10.2. The second-order valence-electron chi connectivity index (χ2n) is 2.95. The highest BCUT2D eigenvalue weighted by Gasteiger charge is 2.19. The summed E-state index contributed by atoms with van der Waals surface area (Å²) in [6, 6.07) is -0.237. The van der Waals surface area contributed by atoms with Gasteiger partial charge in [0.2, 0.25) is 0 Å². The summed E-state index contributed by atoms with van der Waals surface area (Å²) < 4.78 is 0. The van der Waals surface area contributed by atoms with Crippen molar-refractivity contribution in [2.45, 2.75) is 12.5 Å². The number of amides is 2. The summed E-state index contributed by atoms with van der Waals surface area (Å²) >= 11 is 0. The third-order valence-electron chi connectivity index (χ3n) is 1.95. The molecule has 1 aliphatic rings. The molecule has 4 N–H and O–H groups in total. The number of carbonyl (C=O) groups is 1. The molecule has 0 saturated carbocycles. The first-order valence-electron chi connectivity index (χ1n) is 4.13. The molecule has 1 unspecified atom stereocenters. The van der Waals surface area contributed by atoms with E-state index in [1.54, 1.807) is 4.90 Å². The smallest absolute Gasteiger partial charge is 0.317 e. The largest absolute Gasteiger partial charge is 0.395 e. The zero-order chi connectivity index (χ0) is 8.97. The summed E-state index contributed by atoms with van der Waals surface area (Å²) in [4.78, 5) is 12.7. The van der Waals surface area contributed by atoms with Crippen LogP contribution in [0.5, 0.6) is 0 Å². The van der Waals surface area contributed by atoms with Gasteiger partial charge in [0.05, 0.1) is 6.61 Å². The molecule has 0 radical (unpaired) electrons. The molecule has 1 heterocycles. The van der Waals surface area contributed by atoms with Gasteiger partial charge < -0.3 is 21.1 Å². The van der Waals surface area contributed by atoms with Crippen LogP contribution in [0.3, 0.4) is 0 Å². The van der Waals surface area contributed by atoms with Gasteiger partial charge in [-0.3, -0.25) is 0 Å². The minimum atomic E-state index is -0.210. The lowest BCUT2D eigenvalue weighted by Crippen LogP contribution is -2.34.